The zero-order valence-corrected chi connectivity index (χ0v) is 16.9. The summed E-state index contributed by atoms with van der Waals surface area (Å²) in [5, 5.41) is 24.2. The van der Waals surface area contributed by atoms with E-state index in [1.165, 1.54) is 12.2 Å². The van der Waals surface area contributed by atoms with Crippen molar-refractivity contribution in [2.24, 2.45) is 0 Å². The molecule has 0 fully saturated rings. The van der Waals surface area contributed by atoms with Gasteiger partial charge in [-0.3, -0.25) is 9.59 Å². The van der Waals surface area contributed by atoms with Crippen molar-refractivity contribution < 1.29 is 9.59 Å². The number of benzene rings is 3. The molecule has 0 aliphatic carbocycles. The Morgan fingerprint density at radius 2 is 1.03 bits per heavy atom. The number of hydrogen-bond donors (Lipinski definition) is 2. The van der Waals surface area contributed by atoms with Gasteiger partial charge < -0.3 is 10.6 Å². The van der Waals surface area contributed by atoms with Gasteiger partial charge in [-0.25, -0.2) is 0 Å². The van der Waals surface area contributed by atoms with E-state index in [1.54, 1.807) is 72.8 Å². The largest absolute Gasteiger partial charge is 0.321 e. The van der Waals surface area contributed by atoms with Gasteiger partial charge in [0.25, 0.3) is 11.8 Å². The molecule has 0 spiro atoms. The molecule has 6 nitrogen and oxygen atoms in total. The van der Waals surface area contributed by atoms with Gasteiger partial charge in [-0.2, -0.15) is 10.5 Å². The molecule has 154 valence electrons. The molecule has 0 saturated carbocycles. The first kappa shape index (κ1) is 21.8. The number of carbonyl (C=O) groups excluding carboxylic acids is 2. The Kier molecular flexibility index (Phi) is 7.29. The van der Waals surface area contributed by atoms with Crippen LogP contribution in [0.4, 0.5) is 11.4 Å². The molecule has 0 unspecified atom stereocenters. The SMILES string of the molecule is N#CC(=Cc1cccc(C=C(C#N)C(=O)Nc2ccccc2)c1)C(=O)Nc1ccccc1. The third-order valence-corrected chi connectivity index (χ3v) is 4.33. The maximum atomic E-state index is 12.4. The fourth-order valence-corrected chi connectivity index (χ4v) is 2.81. The second kappa shape index (κ2) is 10.7. The highest BCUT2D eigenvalue weighted by Crippen LogP contribution is 2.16. The van der Waals surface area contributed by atoms with Crippen molar-refractivity contribution in [3.63, 3.8) is 0 Å². The van der Waals surface area contributed by atoms with Crippen molar-refractivity contribution in [1.29, 1.82) is 10.5 Å². The van der Waals surface area contributed by atoms with Crippen molar-refractivity contribution in [1.82, 2.24) is 0 Å². The Morgan fingerprint density at radius 3 is 1.41 bits per heavy atom. The number of nitriles is 2. The van der Waals surface area contributed by atoms with E-state index in [4.69, 9.17) is 0 Å². The summed E-state index contributed by atoms with van der Waals surface area (Å²) in [7, 11) is 0. The summed E-state index contributed by atoms with van der Waals surface area (Å²) >= 11 is 0. The second-order valence-electron chi connectivity index (χ2n) is 6.65. The number of amides is 2. The van der Waals surface area contributed by atoms with Gasteiger partial charge in [0.2, 0.25) is 0 Å². The predicted molar refractivity (Wildman–Crippen MR) is 124 cm³/mol. The van der Waals surface area contributed by atoms with Crippen LogP contribution in [0.3, 0.4) is 0 Å². The summed E-state index contributed by atoms with van der Waals surface area (Å²) in [6.07, 6.45) is 2.90. The minimum Gasteiger partial charge on any atom is -0.321 e. The maximum Gasteiger partial charge on any atom is 0.266 e. The van der Waals surface area contributed by atoms with Gasteiger partial charge in [-0.15, -0.1) is 0 Å². The van der Waals surface area contributed by atoms with Crippen LogP contribution in [0.2, 0.25) is 0 Å². The Labute approximate surface area is 185 Å². The van der Waals surface area contributed by atoms with Crippen LogP contribution in [0.5, 0.6) is 0 Å². The molecule has 0 aliphatic rings. The third kappa shape index (κ3) is 6.03. The number of nitrogens with one attached hydrogen (secondary N) is 2. The standard InChI is InChI=1S/C26H18N4O2/c27-17-21(25(31)29-23-10-3-1-4-11-23)15-19-8-7-9-20(14-19)16-22(18-28)26(32)30-24-12-5-2-6-13-24/h1-16H,(H,29,31)(H,30,32). The van der Waals surface area contributed by atoms with E-state index in [-0.39, 0.29) is 11.1 Å². The molecule has 2 N–H and O–H groups in total. The lowest BCUT2D eigenvalue weighted by Gasteiger charge is -2.05. The molecule has 0 bridgehead atoms. The quantitative estimate of drug-likeness (QED) is 0.444. The van der Waals surface area contributed by atoms with Crippen LogP contribution in [0.15, 0.2) is 96.1 Å². The van der Waals surface area contributed by atoms with Crippen molar-refractivity contribution in [2.45, 2.75) is 0 Å². The summed E-state index contributed by atoms with van der Waals surface area (Å²) in [4.78, 5) is 24.8. The van der Waals surface area contributed by atoms with Crippen LogP contribution in [0.25, 0.3) is 12.2 Å². The molecule has 0 radical (unpaired) electrons. The minimum absolute atomic E-state index is 0.0719. The van der Waals surface area contributed by atoms with E-state index in [1.807, 2.05) is 24.3 Å². The first-order valence-electron chi connectivity index (χ1n) is 9.65. The van der Waals surface area contributed by atoms with E-state index in [9.17, 15) is 20.1 Å². The van der Waals surface area contributed by atoms with Crippen molar-refractivity contribution in [2.75, 3.05) is 10.6 Å². The highest BCUT2D eigenvalue weighted by Gasteiger charge is 2.11. The highest BCUT2D eigenvalue weighted by molar-refractivity contribution is 6.10. The summed E-state index contributed by atoms with van der Waals surface area (Å²) < 4.78 is 0. The highest BCUT2D eigenvalue weighted by atomic mass is 16.2. The smallest absolute Gasteiger partial charge is 0.266 e. The second-order valence-corrected chi connectivity index (χ2v) is 6.65. The Morgan fingerprint density at radius 1 is 0.625 bits per heavy atom. The summed E-state index contributed by atoms with van der Waals surface area (Å²) in [5.74, 6) is -1.06. The lowest BCUT2D eigenvalue weighted by atomic mass is 10.1. The van der Waals surface area contributed by atoms with Gasteiger partial charge >= 0.3 is 0 Å². The number of hydrogen-bond acceptors (Lipinski definition) is 4. The normalized spacial score (nSPS) is 11.1. The Balaban J connectivity index is 1.80. The van der Waals surface area contributed by atoms with Gasteiger partial charge in [0.15, 0.2) is 0 Å². The molecular weight excluding hydrogens is 400 g/mol. The van der Waals surface area contributed by atoms with Gasteiger partial charge in [0.1, 0.15) is 23.3 Å². The number of nitrogens with zero attached hydrogens (tertiary/aromatic N) is 2. The van der Waals surface area contributed by atoms with E-state index in [2.05, 4.69) is 10.6 Å². The molecule has 0 aromatic heterocycles. The predicted octanol–water partition coefficient (Wildman–Crippen LogP) is 4.78. The maximum absolute atomic E-state index is 12.4. The lowest BCUT2D eigenvalue weighted by molar-refractivity contribution is -0.113. The molecular formula is C26H18N4O2. The molecule has 2 amide bonds. The summed E-state index contributed by atoms with van der Waals surface area (Å²) in [6, 6.07) is 28.3. The van der Waals surface area contributed by atoms with E-state index < -0.39 is 11.8 Å². The van der Waals surface area contributed by atoms with Gasteiger partial charge in [-0.05, 0) is 53.6 Å². The van der Waals surface area contributed by atoms with E-state index in [0.717, 1.165) is 0 Å². The first-order valence-corrected chi connectivity index (χ1v) is 9.65. The fraction of sp³-hybridized carbons (Fsp3) is 0. The first-order chi connectivity index (χ1) is 15.6. The zero-order chi connectivity index (χ0) is 22.8. The Hall–Kier alpha value is -4.94. The van der Waals surface area contributed by atoms with Crippen molar-refractivity contribution in [3.05, 3.63) is 107 Å². The molecule has 0 heterocycles. The molecule has 6 heteroatoms. The number of para-hydroxylation sites is 2. The third-order valence-electron chi connectivity index (χ3n) is 4.33. The van der Waals surface area contributed by atoms with Gasteiger partial charge in [0, 0.05) is 11.4 Å². The van der Waals surface area contributed by atoms with Crippen molar-refractivity contribution in [3.8, 4) is 12.1 Å². The fourth-order valence-electron chi connectivity index (χ4n) is 2.81. The van der Waals surface area contributed by atoms with E-state index in [0.29, 0.717) is 22.5 Å². The average molecular weight is 418 g/mol. The van der Waals surface area contributed by atoms with Crippen LogP contribution in [0.1, 0.15) is 11.1 Å². The summed E-state index contributed by atoms with van der Waals surface area (Å²) in [6.45, 7) is 0. The Bertz CT molecular complexity index is 1170. The van der Waals surface area contributed by atoms with Crippen LogP contribution in [-0.2, 0) is 9.59 Å². The van der Waals surface area contributed by atoms with Crippen LogP contribution >= 0.6 is 0 Å². The molecule has 3 aromatic rings. The van der Waals surface area contributed by atoms with Crippen molar-refractivity contribution >= 4 is 35.3 Å². The average Bonchev–Trinajstić information content (AvgIpc) is 2.82. The lowest BCUT2D eigenvalue weighted by Crippen LogP contribution is -2.13. The molecule has 0 aliphatic heterocycles. The van der Waals surface area contributed by atoms with Crippen LogP contribution < -0.4 is 10.6 Å². The van der Waals surface area contributed by atoms with E-state index >= 15 is 0 Å². The molecule has 3 aromatic carbocycles. The zero-order valence-electron chi connectivity index (χ0n) is 16.9. The summed E-state index contributed by atoms with van der Waals surface area (Å²) in [5.41, 5.74) is 2.19. The van der Waals surface area contributed by atoms with Gasteiger partial charge in [0.05, 0.1) is 0 Å². The van der Waals surface area contributed by atoms with Crippen LogP contribution in [0, 0.1) is 22.7 Å². The monoisotopic (exact) mass is 418 g/mol. The number of rotatable bonds is 6. The molecule has 0 atom stereocenters. The number of carbonyl (C=O) groups is 2. The molecule has 32 heavy (non-hydrogen) atoms. The minimum atomic E-state index is -0.528. The van der Waals surface area contributed by atoms with Gasteiger partial charge in [-0.1, -0.05) is 54.6 Å². The van der Waals surface area contributed by atoms with Crippen LogP contribution in [-0.4, -0.2) is 11.8 Å². The molecule has 0 saturated heterocycles. The topological polar surface area (TPSA) is 106 Å². The number of anilines is 2. The molecule has 3 rings (SSSR count).